The number of alkyl halides is 1. The largest absolute Gasteiger partial charge is 0.349 e. The fourth-order valence-corrected chi connectivity index (χ4v) is 2.34. The molecule has 0 saturated heterocycles. The molecular weight excluding hydrogens is 293 g/mol. The van der Waals surface area contributed by atoms with Crippen molar-refractivity contribution in [1.82, 2.24) is 5.32 Å². The van der Waals surface area contributed by atoms with Gasteiger partial charge in [-0.05, 0) is 30.5 Å². The zero-order valence-corrected chi connectivity index (χ0v) is 12.6. The Hall–Kier alpha value is -0.440. The lowest BCUT2D eigenvalue weighted by atomic mass is 10.0. The van der Waals surface area contributed by atoms with Crippen LogP contribution in [0.1, 0.15) is 30.6 Å². The summed E-state index contributed by atoms with van der Waals surface area (Å²) in [6.45, 7) is 4.09. The van der Waals surface area contributed by atoms with Crippen LogP contribution in [0.2, 0.25) is 10.0 Å². The van der Waals surface area contributed by atoms with Crippen molar-refractivity contribution in [2.24, 2.45) is 5.92 Å². The first-order valence-electron chi connectivity index (χ1n) is 5.77. The van der Waals surface area contributed by atoms with E-state index in [9.17, 15) is 4.79 Å². The Bertz CT molecular complexity index is 421. The Morgan fingerprint density at radius 1 is 1.33 bits per heavy atom. The first kappa shape index (κ1) is 15.6. The number of carbonyl (C=O) groups excluding carboxylic acids is 1. The van der Waals surface area contributed by atoms with Crippen LogP contribution in [0.15, 0.2) is 18.2 Å². The Morgan fingerprint density at radius 2 is 2.00 bits per heavy atom. The number of hydrogen-bond acceptors (Lipinski definition) is 1. The standard InChI is InChI=1S/C13H16Cl3NO/c1-8(2)12(5-6-14)17-13(18)10-4-3-9(15)7-11(10)16/h3-4,7-8,12H,5-6H2,1-2H3,(H,17,18). The lowest BCUT2D eigenvalue weighted by Crippen LogP contribution is -2.39. The molecule has 0 aliphatic heterocycles. The smallest absolute Gasteiger partial charge is 0.253 e. The molecule has 0 fully saturated rings. The van der Waals surface area contributed by atoms with Crippen molar-refractivity contribution < 1.29 is 4.79 Å². The summed E-state index contributed by atoms with van der Waals surface area (Å²) in [6.07, 6.45) is 0.732. The molecule has 2 nitrogen and oxygen atoms in total. The van der Waals surface area contributed by atoms with E-state index >= 15 is 0 Å². The van der Waals surface area contributed by atoms with Gasteiger partial charge in [0.2, 0.25) is 0 Å². The van der Waals surface area contributed by atoms with E-state index in [2.05, 4.69) is 5.32 Å². The summed E-state index contributed by atoms with van der Waals surface area (Å²) >= 11 is 17.5. The lowest BCUT2D eigenvalue weighted by molar-refractivity contribution is 0.0925. The van der Waals surface area contributed by atoms with Crippen LogP contribution in [0.5, 0.6) is 0 Å². The third-order valence-electron chi connectivity index (χ3n) is 2.72. The molecular formula is C13H16Cl3NO. The van der Waals surface area contributed by atoms with E-state index in [1.807, 2.05) is 13.8 Å². The predicted octanol–water partition coefficient (Wildman–Crippen LogP) is 4.38. The van der Waals surface area contributed by atoms with E-state index in [-0.39, 0.29) is 11.9 Å². The number of hydrogen-bond donors (Lipinski definition) is 1. The number of rotatable bonds is 5. The number of nitrogens with one attached hydrogen (secondary N) is 1. The molecule has 0 spiro atoms. The summed E-state index contributed by atoms with van der Waals surface area (Å²) in [4.78, 5) is 12.1. The normalized spacial score (nSPS) is 12.6. The van der Waals surface area contributed by atoms with Crippen LogP contribution >= 0.6 is 34.8 Å². The molecule has 1 aromatic rings. The maximum absolute atomic E-state index is 12.1. The van der Waals surface area contributed by atoms with Crippen molar-refractivity contribution in [2.45, 2.75) is 26.3 Å². The van der Waals surface area contributed by atoms with E-state index in [1.165, 1.54) is 0 Å². The average molecular weight is 309 g/mol. The molecule has 1 atom stereocenters. The quantitative estimate of drug-likeness (QED) is 0.804. The second kappa shape index (κ2) is 7.22. The summed E-state index contributed by atoms with van der Waals surface area (Å²) < 4.78 is 0. The summed E-state index contributed by atoms with van der Waals surface area (Å²) in [5.74, 6) is 0.636. The van der Waals surface area contributed by atoms with Gasteiger partial charge in [-0.2, -0.15) is 0 Å². The molecule has 18 heavy (non-hydrogen) atoms. The first-order valence-corrected chi connectivity index (χ1v) is 7.06. The molecule has 100 valence electrons. The highest BCUT2D eigenvalue weighted by Crippen LogP contribution is 2.21. The van der Waals surface area contributed by atoms with Gasteiger partial charge in [-0.25, -0.2) is 0 Å². The second-order valence-electron chi connectivity index (χ2n) is 4.43. The lowest BCUT2D eigenvalue weighted by Gasteiger charge is -2.21. The SMILES string of the molecule is CC(C)C(CCCl)NC(=O)c1ccc(Cl)cc1Cl. The minimum atomic E-state index is -0.194. The van der Waals surface area contributed by atoms with Crippen molar-refractivity contribution in [2.75, 3.05) is 5.88 Å². The first-order chi connectivity index (χ1) is 8.45. The van der Waals surface area contributed by atoms with Gasteiger partial charge in [-0.3, -0.25) is 4.79 Å². The third kappa shape index (κ3) is 4.34. The Morgan fingerprint density at radius 3 is 2.50 bits per heavy atom. The second-order valence-corrected chi connectivity index (χ2v) is 5.65. The van der Waals surface area contributed by atoms with Gasteiger partial charge < -0.3 is 5.32 Å². The monoisotopic (exact) mass is 307 g/mol. The van der Waals surface area contributed by atoms with Crippen LogP contribution in [0.3, 0.4) is 0 Å². The summed E-state index contributed by atoms with van der Waals surface area (Å²) in [5.41, 5.74) is 0.432. The van der Waals surface area contributed by atoms with Crippen molar-refractivity contribution in [1.29, 1.82) is 0 Å². The molecule has 1 aromatic carbocycles. The third-order valence-corrected chi connectivity index (χ3v) is 3.48. The van der Waals surface area contributed by atoms with Crippen LogP contribution in [-0.4, -0.2) is 17.8 Å². The van der Waals surface area contributed by atoms with Gasteiger partial charge in [-0.15, -0.1) is 11.6 Å². The molecule has 1 N–H and O–H groups in total. The molecule has 0 radical (unpaired) electrons. The van der Waals surface area contributed by atoms with Gasteiger partial charge in [0.05, 0.1) is 10.6 Å². The Kier molecular flexibility index (Phi) is 6.27. The Labute approximate surface area is 123 Å². The van der Waals surface area contributed by atoms with E-state index in [0.29, 0.717) is 27.4 Å². The highest BCUT2D eigenvalue weighted by molar-refractivity contribution is 6.36. The van der Waals surface area contributed by atoms with Gasteiger partial charge in [0.1, 0.15) is 0 Å². The van der Waals surface area contributed by atoms with Gasteiger partial charge in [0.15, 0.2) is 0 Å². The highest BCUT2D eigenvalue weighted by atomic mass is 35.5. The highest BCUT2D eigenvalue weighted by Gasteiger charge is 2.18. The van der Waals surface area contributed by atoms with Crippen LogP contribution < -0.4 is 5.32 Å². The van der Waals surface area contributed by atoms with E-state index in [1.54, 1.807) is 18.2 Å². The minimum absolute atomic E-state index is 0.0433. The molecule has 1 amide bonds. The average Bonchev–Trinajstić information content (AvgIpc) is 2.27. The van der Waals surface area contributed by atoms with E-state index in [0.717, 1.165) is 6.42 Å². The van der Waals surface area contributed by atoms with E-state index in [4.69, 9.17) is 34.8 Å². The van der Waals surface area contributed by atoms with Gasteiger partial charge >= 0.3 is 0 Å². The van der Waals surface area contributed by atoms with Crippen LogP contribution in [0.25, 0.3) is 0 Å². The minimum Gasteiger partial charge on any atom is -0.349 e. The fourth-order valence-electron chi connectivity index (χ4n) is 1.61. The molecule has 1 rings (SSSR count). The van der Waals surface area contributed by atoms with Crippen molar-refractivity contribution >= 4 is 40.7 Å². The predicted molar refractivity (Wildman–Crippen MR) is 77.9 cm³/mol. The summed E-state index contributed by atoms with van der Waals surface area (Å²) in [6, 6.07) is 4.87. The zero-order valence-electron chi connectivity index (χ0n) is 10.3. The maximum Gasteiger partial charge on any atom is 0.253 e. The van der Waals surface area contributed by atoms with Crippen LogP contribution in [0, 0.1) is 5.92 Å². The van der Waals surface area contributed by atoms with Gasteiger partial charge in [-0.1, -0.05) is 37.0 Å². The Balaban J connectivity index is 2.80. The summed E-state index contributed by atoms with van der Waals surface area (Å²) in [5, 5.41) is 3.81. The molecule has 0 saturated carbocycles. The molecule has 0 aliphatic carbocycles. The topological polar surface area (TPSA) is 29.1 Å². The molecule has 0 aromatic heterocycles. The molecule has 0 aliphatic rings. The van der Waals surface area contributed by atoms with Gasteiger partial charge in [0, 0.05) is 16.9 Å². The van der Waals surface area contributed by atoms with Crippen molar-refractivity contribution in [3.8, 4) is 0 Å². The molecule has 0 heterocycles. The molecule has 5 heteroatoms. The van der Waals surface area contributed by atoms with Gasteiger partial charge in [0.25, 0.3) is 5.91 Å². The number of carbonyl (C=O) groups is 1. The molecule has 1 unspecified atom stereocenters. The number of benzene rings is 1. The van der Waals surface area contributed by atoms with E-state index < -0.39 is 0 Å². The fraction of sp³-hybridized carbons (Fsp3) is 0.462. The number of amides is 1. The zero-order chi connectivity index (χ0) is 13.7. The van der Waals surface area contributed by atoms with Crippen molar-refractivity contribution in [3.05, 3.63) is 33.8 Å². The van der Waals surface area contributed by atoms with Crippen molar-refractivity contribution in [3.63, 3.8) is 0 Å². The molecule has 0 bridgehead atoms. The number of halogens is 3. The van der Waals surface area contributed by atoms with Crippen LogP contribution in [0.4, 0.5) is 0 Å². The van der Waals surface area contributed by atoms with Crippen LogP contribution in [-0.2, 0) is 0 Å². The maximum atomic E-state index is 12.1. The summed E-state index contributed by atoms with van der Waals surface area (Å²) in [7, 11) is 0.